The predicted octanol–water partition coefficient (Wildman–Crippen LogP) is 1.26. The van der Waals surface area contributed by atoms with E-state index in [2.05, 4.69) is 53.4 Å². The fourth-order valence-corrected chi connectivity index (χ4v) is 3.43. The highest BCUT2D eigenvalue weighted by Crippen LogP contribution is 2.30. The Morgan fingerprint density at radius 2 is 2.06 bits per heavy atom. The van der Waals surface area contributed by atoms with E-state index in [4.69, 9.17) is 0 Å². The lowest BCUT2D eigenvalue weighted by Gasteiger charge is -2.48. The molecule has 3 heteroatoms. The molecule has 1 aromatic carbocycles. The van der Waals surface area contributed by atoms with E-state index in [0.29, 0.717) is 12.1 Å². The summed E-state index contributed by atoms with van der Waals surface area (Å²) in [5, 5.41) is 3.52. The summed E-state index contributed by atoms with van der Waals surface area (Å²) in [6.45, 7) is 8.02. The molecule has 0 saturated carbocycles. The molecule has 0 radical (unpaired) electrons. The molecule has 3 nitrogen and oxygen atoms in total. The Labute approximate surface area is 110 Å². The largest absolute Gasteiger partial charge is 0.314 e. The van der Waals surface area contributed by atoms with Crippen molar-refractivity contribution in [3.8, 4) is 0 Å². The zero-order valence-electron chi connectivity index (χ0n) is 11.4. The minimum Gasteiger partial charge on any atom is -0.314 e. The highest BCUT2D eigenvalue weighted by atomic mass is 15.3. The van der Waals surface area contributed by atoms with Crippen molar-refractivity contribution in [2.45, 2.75) is 19.0 Å². The van der Waals surface area contributed by atoms with Crippen molar-refractivity contribution in [1.82, 2.24) is 15.1 Å². The van der Waals surface area contributed by atoms with Gasteiger partial charge in [-0.2, -0.15) is 0 Å². The average Bonchev–Trinajstić information content (AvgIpc) is 2.38. The number of hydrogen-bond donors (Lipinski definition) is 1. The number of piperazine rings is 2. The van der Waals surface area contributed by atoms with Gasteiger partial charge in [-0.1, -0.05) is 24.3 Å². The number of benzene rings is 1. The van der Waals surface area contributed by atoms with Crippen molar-refractivity contribution < 1.29 is 0 Å². The van der Waals surface area contributed by atoms with E-state index in [1.165, 1.54) is 24.2 Å². The zero-order valence-corrected chi connectivity index (χ0v) is 11.4. The molecule has 1 aromatic rings. The van der Waals surface area contributed by atoms with Gasteiger partial charge in [0.15, 0.2) is 0 Å². The van der Waals surface area contributed by atoms with Gasteiger partial charge in [-0.05, 0) is 25.1 Å². The molecule has 2 unspecified atom stereocenters. The summed E-state index contributed by atoms with van der Waals surface area (Å²) in [6, 6.07) is 10.1. The summed E-state index contributed by atoms with van der Waals surface area (Å²) in [5.41, 5.74) is 2.94. The number of nitrogens with one attached hydrogen (secondary N) is 1. The topological polar surface area (TPSA) is 18.5 Å². The Bertz CT molecular complexity index is 418. The summed E-state index contributed by atoms with van der Waals surface area (Å²) in [6.07, 6.45) is 0. The zero-order chi connectivity index (χ0) is 12.5. The lowest BCUT2D eigenvalue weighted by Crippen LogP contribution is -2.61. The van der Waals surface area contributed by atoms with E-state index in [1.807, 2.05) is 0 Å². The van der Waals surface area contributed by atoms with Crippen molar-refractivity contribution in [2.24, 2.45) is 0 Å². The Balaban J connectivity index is 1.91. The second-order valence-electron chi connectivity index (χ2n) is 5.69. The van der Waals surface area contributed by atoms with Crippen LogP contribution in [0.15, 0.2) is 24.3 Å². The van der Waals surface area contributed by atoms with E-state index >= 15 is 0 Å². The Kier molecular flexibility index (Phi) is 3.37. The van der Waals surface area contributed by atoms with Crippen LogP contribution in [-0.2, 0) is 0 Å². The van der Waals surface area contributed by atoms with Gasteiger partial charge in [-0.25, -0.2) is 0 Å². The quantitative estimate of drug-likeness (QED) is 0.803. The van der Waals surface area contributed by atoms with E-state index in [9.17, 15) is 0 Å². The van der Waals surface area contributed by atoms with E-state index in [-0.39, 0.29) is 0 Å². The third-order valence-electron chi connectivity index (χ3n) is 4.35. The van der Waals surface area contributed by atoms with Crippen LogP contribution in [0.1, 0.15) is 17.2 Å². The standard InChI is InChI=1S/C15H23N3/c1-12-5-3-4-6-14(12)15-11-17(2)10-13-9-16-7-8-18(13)15/h3-6,13,15-16H,7-11H2,1-2H3. The van der Waals surface area contributed by atoms with E-state index < -0.39 is 0 Å². The molecule has 2 aliphatic heterocycles. The number of fused-ring (bicyclic) bond motifs is 1. The molecule has 0 spiro atoms. The Morgan fingerprint density at radius 1 is 1.22 bits per heavy atom. The van der Waals surface area contributed by atoms with Crippen molar-refractivity contribution in [3.05, 3.63) is 35.4 Å². The number of rotatable bonds is 1. The maximum atomic E-state index is 3.52. The molecular formula is C15H23N3. The predicted molar refractivity (Wildman–Crippen MR) is 74.8 cm³/mol. The molecule has 2 saturated heterocycles. The molecule has 0 bridgehead atoms. The van der Waals surface area contributed by atoms with Crippen LogP contribution in [0, 0.1) is 6.92 Å². The molecule has 0 amide bonds. The molecule has 98 valence electrons. The van der Waals surface area contributed by atoms with Gasteiger partial charge in [0, 0.05) is 44.8 Å². The van der Waals surface area contributed by atoms with Gasteiger partial charge >= 0.3 is 0 Å². The van der Waals surface area contributed by atoms with Gasteiger partial charge in [-0.15, -0.1) is 0 Å². The van der Waals surface area contributed by atoms with Crippen LogP contribution in [-0.4, -0.2) is 55.6 Å². The second-order valence-corrected chi connectivity index (χ2v) is 5.69. The van der Waals surface area contributed by atoms with Crippen LogP contribution < -0.4 is 5.32 Å². The molecule has 0 aromatic heterocycles. The number of aryl methyl sites for hydroxylation is 1. The Morgan fingerprint density at radius 3 is 2.89 bits per heavy atom. The summed E-state index contributed by atoms with van der Waals surface area (Å²) >= 11 is 0. The minimum atomic E-state index is 0.567. The van der Waals surface area contributed by atoms with Crippen molar-refractivity contribution in [3.63, 3.8) is 0 Å². The van der Waals surface area contributed by atoms with Crippen molar-refractivity contribution in [2.75, 3.05) is 39.8 Å². The van der Waals surface area contributed by atoms with Crippen molar-refractivity contribution in [1.29, 1.82) is 0 Å². The van der Waals surface area contributed by atoms with E-state index in [0.717, 1.165) is 19.6 Å². The number of hydrogen-bond acceptors (Lipinski definition) is 3. The van der Waals surface area contributed by atoms with Gasteiger partial charge in [-0.3, -0.25) is 4.90 Å². The summed E-state index contributed by atoms with van der Waals surface area (Å²) in [7, 11) is 2.25. The molecular weight excluding hydrogens is 222 g/mol. The third-order valence-corrected chi connectivity index (χ3v) is 4.35. The lowest BCUT2D eigenvalue weighted by atomic mass is 9.94. The normalized spacial score (nSPS) is 30.1. The first-order valence-corrected chi connectivity index (χ1v) is 6.96. The van der Waals surface area contributed by atoms with Gasteiger partial charge in [0.25, 0.3) is 0 Å². The van der Waals surface area contributed by atoms with Crippen LogP contribution in [0.2, 0.25) is 0 Å². The van der Waals surface area contributed by atoms with Gasteiger partial charge < -0.3 is 10.2 Å². The number of nitrogens with zero attached hydrogens (tertiary/aromatic N) is 2. The minimum absolute atomic E-state index is 0.567. The number of likely N-dealkylation sites (N-methyl/N-ethyl adjacent to an activating group) is 1. The highest BCUT2D eigenvalue weighted by Gasteiger charge is 2.35. The molecule has 2 fully saturated rings. The van der Waals surface area contributed by atoms with Gasteiger partial charge in [0.1, 0.15) is 0 Å². The van der Waals surface area contributed by atoms with Crippen molar-refractivity contribution >= 4 is 0 Å². The average molecular weight is 245 g/mol. The molecule has 1 N–H and O–H groups in total. The monoisotopic (exact) mass is 245 g/mol. The summed E-state index contributed by atoms with van der Waals surface area (Å²) in [4.78, 5) is 5.18. The second kappa shape index (κ2) is 5.00. The first kappa shape index (κ1) is 12.2. The summed E-state index contributed by atoms with van der Waals surface area (Å²) in [5.74, 6) is 0. The Hall–Kier alpha value is -0.900. The summed E-state index contributed by atoms with van der Waals surface area (Å²) < 4.78 is 0. The molecule has 3 rings (SSSR count). The van der Waals surface area contributed by atoms with Crippen LogP contribution >= 0.6 is 0 Å². The van der Waals surface area contributed by atoms with Gasteiger partial charge in [0.05, 0.1) is 0 Å². The SMILES string of the molecule is Cc1ccccc1C1CN(C)CC2CNCCN21. The van der Waals surface area contributed by atoms with Crippen LogP contribution in [0.3, 0.4) is 0 Å². The van der Waals surface area contributed by atoms with E-state index in [1.54, 1.807) is 0 Å². The molecule has 2 aliphatic rings. The maximum absolute atomic E-state index is 3.52. The molecule has 18 heavy (non-hydrogen) atoms. The smallest absolute Gasteiger partial charge is 0.0482 e. The fourth-order valence-electron chi connectivity index (χ4n) is 3.43. The lowest BCUT2D eigenvalue weighted by molar-refractivity contribution is 0.0192. The fraction of sp³-hybridized carbons (Fsp3) is 0.600. The molecule has 2 heterocycles. The first-order valence-electron chi connectivity index (χ1n) is 6.96. The molecule has 2 atom stereocenters. The highest BCUT2D eigenvalue weighted by molar-refractivity contribution is 5.30. The third kappa shape index (κ3) is 2.18. The molecule has 0 aliphatic carbocycles. The van der Waals surface area contributed by atoms with Crippen LogP contribution in [0.25, 0.3) is 0 Å². The van der Waals surface area contributed by atoms with Crippen LogP contribution in [0.4, 0.5) is 0 Å². The first-order chi connectivity index (χ1) is 8.75. The van der Waals surface area contributed by atoms with Crippen LogP contribution in [0.5, 0.6) is 0 Å². The maximum Gasteiger partial charge on any atom is 0.0482 e. The van der Waals surface area contributed by atoms with Gasteiger partial charge in [0.2, 0.25) is 0 Å².